The maximum atomic E-state index is 13.4. The number of methoxy groups -OCH3 is 2. The van der Waals surface area contributed by atoms with E-state index in [0.29, 0.717) is 18.1 Å². The van der Waals surface area contributed by atoms with Crippen molar-refractivity contribution in [1.29, 1.82) is 0 Å². The Hall–Kier alpha value is -3.02. The van der Waals surface area contributed by atoms with Crippen molar-refractivity contribution in [2.45, 2.75) is 64.8 Å². The van der Waals surface area contributed by atoms with Gasteiger partial charge in [0.2, 0.25) is 0 Å². The number of hydrogen-bond donors (Lipinski definition) is 0. The topological polar surface area (TPSA) is 60.4 Å². The highest BCUT2D eigenvalue weighted by Gasteiger charge is 2.46. The zero-order chi connectivity index (χ0) is 24.1. The first-order valence-electron chi connectivity index (χ1n) is 12.3. The fraction of sp³-hybridized carbons (Fsp3) is 0.500. The largest absolute Gasteiger partial charge is 0.497 e. The van der Waals surface area contributed by atoms with Crippen molar-refractivity contribution < 1.29 is 19.0 Å². The molecule has 0 radical (unpaired) electrons. The summed E-state index contributed by atoms with van der Waals surface area (Å²) in [4.78, 5) is 13.4. The first-order valence-corrected chi connectivity index (χ1v) is 12.3. The van der Waals surface area contributed by atoms with Crippen molar-refractivity contribution in [3.63, 3.8) is 0 Å². The molecule has 2 aromatic rings. The van der Waals surface area contributed by atoms with Gasteiger partial charge in [-0.25, -0.2) is 5.01 Å². The predicted octanol–water partition coefficient (Wildman–Crippen LogP) is 5.62. The van der Waals surface area contributed by atoms with E-state index in [1.807, 2.05) is 56.3 Å². The van der Waals surface area contributed by atoms with Gasteiger partial charge in [-0.15, -0.1) is 0 Å². The van der Waals surface area contributed by atoms with Gasteiger partial charge in [0, 0.05) is 12.0 Å². The number of ether oxygens (including phenoxy) is 3. The summed E-state index contributed by atoms with van der Waals surface area (Å²) >= 11 is 0. The monoisotopic (exact) mass is 464 g/mol. The Morgan fingerprint density at radius 2 is 1.65 bits per heavy atom. The van der Waals surface area contributed by atoms with Gasteiger partial charge in [0.1, 0.15) is 5.75 Å². The van der Waals surface area contributed by atoms with Crippen LogP contribution in [0, 0.1) is 5.41 Å². The number of carbonyl (C=O) groups excluding carboxylic acids is 1. The molecule has 6 heteroatoms. The molecule has 34 heavy (non-hydrogen) atoms. The Bertz CT molecular complexity index is 1020. The Morgan fingerprint density at radius 1 is 0.941 bits per heavy atom. The summed E-state index contributed by atoms with van der Waals surface area (Å²) in [6.45, 7) is 4.45. The fourth-order valence-electron chi connectivity index (χ4n) is 4.84. The fourth-order valence-corrected chi connectivity index (χ4v) is 4.84. The number of carbonyl (C=O) groups is 1. The predicted molar refractivity (Wildman–Crippen MR) is 134 cm³/mol. The standard InChI is InChI=1S/C28H36N2O4/c1-28(2)26(29-30(27(28)31)22-9-7-5-6-8-10-22)21-13-16-24(33-4)25(19-21)34-18-17-20-11-14-23(32-3)15-12-20/h11-16,19,22H,5-10,17-18H2,1-4H3. The molecule has 1 amide bonds. The first kappa shape index (κ1) is 24.1. The molecule has 0 bridgehead atoms. The summed E-state index contributed by atoms with van der Waals surface area (Å²) in [5, 5.41) is 6.66. The van der Waals surface area contributed by atoms with Gasteiger partial charge in [0.05, 0.1) is 38.0 Å². The molecule has 6 nitrogen and oxygen atoms in total. The van der Waals surface area contributed by atoms with E-state index in [2.05, 4.69) is 0 Å². The summed E-state index contributed by atoms with van der Waals surface area (Å²) in [6, 6.07) is 14.0. The number of hydrazone groups is 1. The highest BCUT2D eigenvalue weighted by atomic mass is 16.5. The average molecular weight is 465 g/mol. The third kappa shape index (κ3) is 5.06. The van der Waals surface area contributed by atoms with Crippen LogP contribution in [-0.4, -0.2) is 43.5 Å². The lowest BCUT2D eigenvalue weighted by Crippen LogP contribution is -2.39. The number of benzene rings is 2. The summed E-state index contributed by atoms with van der Waals surface area (Å²) in [5.74, 6) is 2.26. The van der Waals surface area contributed by atoms with E-state index in [4.69, 9.17) is 19.3 Å². The first-order chi connectivity index (χ1) is 16.4. The van der Waals surface area contributed by atoms with Crippen molar-refractivity contribution in [2.24, 2.45) is 10.5 Å². The van der Waals surface area contributed by atoms with Gasteiger partial charge in [0.15, 0.2) is 11.5 Å². The lowest BCUT2D eigenvalue weighted by atomic mass is 9.83. The van der Waals surface area contributed by atoms with Crippen LogP contribution in [0.15, 0.2) is 47.6 Å². The molecule has 2 aromatic carbocycles. The van der Waals surface area contributed by atoms with Crippen LogP contribution < -0.4 is 14.2 Å². The maximum absolute atomic E-state index is 13.4. The van der Waals surface area contributed by atoms with Crippen LogP contribution in [0.1, 0.15) is 63.5 Å². The minimum atomic E-state index is -0.679. The summed E-state index contributed by atoms with van der Waals surface area (Å²) in [6.07, 6.45) is 7.63. The van der Waals surface area contributed by atoms with Gasteiger partial charge in [-0.1, -0.05) is 37.8 Å². The highest BCUT2D eigenvalue weighted by molar-refractivity contribution is 6.19. The molecule has 0 atom stereocenters. The summed E-state index contributed by atoms with van der Waals surface area (Å²) in [7, 11) is 3.30. The second-order valence-corrected chi connectivity index (χ2v) is 9.68. The van der Waals surface area contributed by atoms with E-state index in [0.717, 1.165) is 49.1 Å². The van der Waals surface area contributed by atoms with Crippen LogP contribution >= 0.6 is 0 Å². The Morgan fingerprint density at radius 3 is 2.29 bits per heavy atom. The number of nitrogens with zero attached hydrogens (tertiary/aromatic N) is 2. The number of amides is 1. The van der Waals surface area contributed by atoms with Gasteiger partial charge in [0.25, 0.3) is 5.91 Å². The van der Waals surface area contributed by atoms with E-state index in [-0.39, 0.29) is 11.9 Å². The molecule has 1 heterocycles. The highest BCUT2D eigenvalue weighted by Crippen LogP contribution is 2.38. The van der Waals surface area contributed by atoms with Gasteiger partial charge >= 0.3 is 0 Å². The van der Waals surface area contributed by atoms with Crippen LogP contribution in [0.2, 0.25) is 0 Å². The summed E-state index contributed by atoms with van der Waals surface area (Å²) < 4.78 is 16.9. The van der Waals surface area contributed by atoms with E-state index >= 15 is 0 Å². The molecule has 0 N–H and O–H groups in total. The van der Waals surface area contributed by atoms with E-state index < -0.39 is 5.41 Å². The minimum absolute atomic E-state index is 0.0900. The molecule has 0 saturated heterocycles. The second-order valence-electron chi connectivity index (χ2n) is 9.68. The van der Waals surface area contributed by atoms with Crippen molar-refractivity contribution in [1.82, 2.24) is 5.01 Å². The molecular formula is C28H36N2O4. The molecule has 4 rings (SSSR count). The molecule has 1 saturated carbocycles. The Balaban J connectivity index is 1.53. The minimum Gasteiger partial charge on any atom is -0.497 e. The molecule has 0 unspecified atom stereocenters. The SMILES string of the molecule is COc1ccc(CCOc2cc(C3=NN(C4CCCCCC4)C(=O)C3(C)C)ccc2OC)cc1. The molecule has 1 aliphatic carbocycles. The quantitative estimate of drug-likeness (QED) is 0.476. The smallest absolute Gasteiger partial charge is 0.254 e. The lowest BCUT2D eigenvalue weighted by molar-refractivity contribution is -0.137. The van der Waals surface area contributed by atoms with Crippen molar-refractivity contribution in [2.75, 3.05) is 20.8 Å². The molecule has 0 spiro atoms. The Labute approximate surface area is 202 Å². The normalized spacial score (nSPS) is 18.4. The molecule has 2 aliphatic rings. The van der Waals surface area contributed by atoms with Gasteiger partial charge < -0.3 is 14.2 Å². The van der Waals surface area contributed by atoms with Crippen LogP contribution in [-0.2, 0) is 11.2 Å². The zero-order valence-corrected chi connectivity index (χ0v) is 20.8. The van der Waals surface area contributed by atoms with Crippen LogP contribution in [0.4, 0.5) is 0 Å². The van der Waals surface area contributed by atoms with Crippen LogP contribution in [0.3, 0.4) is 0 Å². The van der Waals surface area contributed by atoms with Crippen LogP contribution in [0.25, 0.3) is 0 Å². The Kier molecular flexibility index (Phi) is 7.44. The van der Waals surface area contributed by atoms with Crippen molar-refractivity contribution in [3.8, 4) is 17.2 Å². The van der Waals surface area contributed by atoms with Gasteiger partial charge in [-0.05, 0) is 62.6 Å². The van der Waals surface area contributed by atoms with Crippen molar-refractivity contribution >= 4 is 11.6 Å². The molecular weight excluding hydrogens is 428 g/mol. The molecule has 1 fully saturated rings. The van der Waals surface area contributed by atoms with E-state index in [1.54, 1.807) is 19.2 Å². The molecule has 182 valence electrons. The van der Waals surface area contributed by atoms with E-state index in [9.17, 15) is 4.79 Å². The van der Waals surface area contributed by atoms with Crippen LogP contribution in [0.5, 0.6) is 17.2 Å². The lowest BCUT2D eigenvalue weighted by Gasteiger charge is -2.26. The zero-order valence-electron chi connectivity index (χ0n) is 20.8. The second kappa shape index (κ2) is 10.5. The molecule has 1 aliphatic heterocycles. The maximum Gasteiger partial charge on any atom is 0.254 e. The van der Waals surface area contributed by atoms with Gasteiger partial charge in [-0.3, -0.25) is 4.79 Å². The van der Waals surface area contributed by atoms with E-state index in [1.165, 1.54) is 18.4 Å². The van der Waals surface area contributed by atoms with Crippen molar-refractivity contribution in [3.05, 3.63) is 53.6 Å². The third-order valence-electron chi connectivity index (χ3n) is 6.96. The third-order valence-corrected chi connectivity index (χ3v) is 6.96. The number of rotatable bonds is 8. The average Bonchev–Trinajstić information content (AvgIpc) is 3.02. The van der Waals surface area contributed by atoms with Gasteiger partial charge in [-0.2, -0.15) is 5.10 Å². The number of hydrogen-bond acceptors (Lipinski definition) is 5. The summed E-state index contributed by atoms with van der Waals surface area (Å²) in [5.41, 5.74) is 2.18. The molecule has 0 aromatic heterocycles.